The Morgan fingerprint density at radius 3 is 2.95 bits per heavy atom. The molecule has 0 unspecified atom stereocenters. The van der Waals surface area contributed by atoms with Crippen molar-refractivity contribution in [2.75, 3.05) is 19.8 Å². The van der Waals surface area contributed by atoms with Crippen molar-refractivity contribution in [2.45, 2.75) is 59.5 Å². The maximum atomic E-state index is 5.73. The molecule has 1 aromatic heterocycles. The van der Waals surface area contributed by atoms with Crippen LogP contribution < -0.4 is 5.32 Å². The lowest BCUT2D eigenvalue weighted by Crippen LogP contribution is -2.25. The molecule has 2 heterocycles. The number of fused-ring (bicyclic) bond motifs is 1. The third-order valence-corrected chi connectivity index (χ3v) is 3.76. The van der Waals surface area contributed by atoms with Gasteiger partial charge < -0.3 is 14.6 Å². The molecule has 0 amide bonds. The Morgan fingerprint density at radius 2 is 2.20 bits per heavy atom. The summed E-state index contributed by atoms with van der Waals surface area (Å²) in [6.07, 6.45) is 4.51. The molecule has 0 fully saturated rings. The van der Waals surface area contributed by atoms with Crippen LogP contribution in [0.15, 0.2) is 0 Å². The van der Waals surface area contributed by atoms with E-state index in [1.165, 1.54) is 23.6 Å². The molecule has 0 spiro atoms. The molecule has 1 aliphatic heterocycles. The monoisotopic (exact) mass is 279 g/mol. The van der Waals surface area contributed by atoms with Crippen LogP contribution in [0.1, 0.15) is 50.8 Å². The fraction of sp³-hybridized carbons (Fsp3) is 0.812. The quantitative estimate of drug-likeness (QED) is 0.743. The van der Waals surface area contributed by atoms with Crippen molar-refractivity contribution >= 4 is 0 Å². The van der Waals surface area contributed by atoms with E-state index in [0.29, 0.717) is 5.92 Å². The number of aromatic nitrogens is 2. The van der Waals surface area contributed by atoms with Gasteiger partial charge in [0.25, 0.3) is 0 Å². The van der Waals surface area contributed by atoms with Gasteiger partial charge in [0.05, 0.1) is 12.3 Å². The molecular formula is C16H29N3O. The van der Waals surface area contributed by atoms with Crippen LogP contribution in [-0.2, 0) is 30.7 Å². The van der Waals surface area contributed by atoms with Gasteiger partial charge in [0, 0.05) is 44.8 Å². The summed E-state index contributed by atoms with van der Waals surface area (Å²) in [4.78, 5) is 4.85. The van der Waals surface area contributed by atoms with E-state index in [1.807, 2.05) is 0 Å². The molecule has 0 aromatic carbocycles. The number of hydrogen-bond acceptors (Lipinski definition) is 3. The zero-order chi connectivity index (χ0) is 14.4. The molecule has 0 saturated heterocycles. The molecule has 1 aliphatic rings. The average molecular weight is 279 g/mol. The van der Waals surface area contributed by atoms with E-state index in [2.05, 4.69) is 30.7 Å². The van der Waals surface area contributed by atoms with Gasteiger partial charge in [-0.2, -0.15) is 0 Å². The molecule has 1 aromatic rings. The molecule has 0 aliphatic carbocycles. The molecule has 1 N–H and O–H groups in total. The Balaban J connectivity index is 2.01. The van der Waals surface area contributed by atoms with Gasteiger partial charge >= 0.3 is 0 Å². The van der Waals surface area contributed by atoms with Gasteiger partial charge in [-0.25, -0.2) is 4.98 Å². The van der Waals surface area contributed by atoms with Crippen molar-refractivity contribution < 1.29 is 4.74 Å². The predicted octanol–water partition coefficient (Wildman–Crippen LogP) is 2.54. The fourth-order valence-corrected chi connectivity index (χ4v) is 2.72. The van der Waals surface area contributed by atoms with Crippen LogP contribution in [0.2, 0.25) is 0 Å². The molecule has 20 heavy (non-hydrogen) atoms. The summed E-state index contributed by atoms with van der Waals surface area (Å²) < 4.78 is 8.15. The Hall–Kier alpha value is -0.870. The standard InChI is InChI=1S/C16H29N3O/c1-4-5-9-20-10-8-19-15-6-7-17-12-14(15)18-16(19)11-13(2)3/h13,17H,4-12H2,1-3H3. The minimum atomic E-state index is 0.645. The van der Waals surface area contributed by atoms with E-state index in [9.17, 15) is 0 Å². The second-order valence-corrected chi connectivity index (χ2v) is 6.06. The van der Waals surface area contributed by atoms with Crippen LogP contribution in [0.4, 0.5) is 0 Å². The van der Waals surface area contributed by atoms with Crippen molar-refractivity contribution in [3.05, 3.63) is 17.2 Å². The normalized spacial score (nSPS) is 14.8. The summed E-state index contributed by atoms with van der Waals surface area (Å²) in [6, 6.07) is 0. The minimum Gasteiger partial charge on any atom is -0.380 e. The topological polar surface area (TPSA) is 39.1 Å². The highest BCUT2D eigenvalue weighted by Gasteiger charge is 2.19. The van der Waals surface area contributed by atoms with E-state index >= 15 is 0 Å². The van der Waals surface area contributed by atoms with Crippen molar-refractivity contribution in [2.24, 2.45) is 5.92 Å². The van der Waals surface area contributed by atoms with E-state index in [-0.39, 0.29) is 0 Å². The van der Waals surface area contributed by atoms with Gasteiger partial charge in [0.2, 0.25) is 0 Å². The van der Waals surface area contributed by atoms with Crippen molar-refractivity contribution in [1.82, 2.24) is 14.9 Å². The second-order valence-electron chi connectivity index (χ2n) is 6.06. The highest BCUT2D eigenvalue weighted by molar-refractivity contribution is 5.20. The Bertz CT molecular complexity index is 412. The Morgan fingerprint density at radius 1 is 1.35 bits per heavy atom. The average Bonchev–Trinajstić information content (AvgIpc) is 2.75. The molecule has 0 radical (unpaired) electrons. The van der Waals surface area contributed by atoms with Crippen LogP contribution in [0.25, 0.3) is 0 Å². The first-order chi connectivity index (χ1) is 9.72. The minimum absolute atomic E-state index is 0.645. The van der Waals surface area contributed by atoms with Crippen molar-refractivity contribution in [3.63, 3.8) is 0 Å². The molecule has 0 bridgehead atoms. The number of nitrogens with one attached hydrogen (secondary N) is 1. The largest absolute Gasteiger partial charge is 0.380 e. The van der Waals surface area contributed by atoms with Crippen LogP contribution in [0, 0.1) is 5.92 Å². The number of rotatable bonds is 8. The van der Waals surface area contributed by atoms with Gasteiger partial charge in [0.15, 0.2) is 0 Å². The highest BCUT2D eigenvalue weighted by Crippen LogP contribution is 2.18. The van der Waals surface area contributed by atoms with Gasteiger partial charge in [-0.05, 0) is 12.3 Å². The summed E-state index contributed by atoms with van der Waals surface area (Å²) in [6.45, 7) is 11.3. The lowest BCUT2D eigenvalue weighted by molar-refractivity contribution is 0.122. The number of imidazole rings is 1. The van der Waals surface area contributed by atoms with E-state index < -0.39 is 0 Å². The van der Waals surface area contributed by atoms with Gasteiger partial charge in [-0.3, -0.25) is 0 Å². The van der Waals surface area contributed by atoms with Crippen LogP contribution in [0.3, 0.4) is 0 Å². The number of nitrogens with zero attached hydrogens (tertiary/aromatic N) is 2. The molecular weight excluding hydrogens is 250 g/mol. The first-order valence-electron chi connectivity index (χ1n) is 8.08. The molecule has 2 rings (SSSR count). The van der Waals surface area contributed by atoms with Crippen LogP contribution in [-0.4, -0.2) is 29.3 Å². The smallest absolute Gasteiger partial charge is 0.109 e. The number of ether oxygens (including phenoxy) is 1. The van der Waals surface area contributed by atoms with Crippen molar-refractivity contribution in [3.8, 4) is 0 Å². The maximum absolute atomic E-state index is 5.73. The van der Waals surface area contributed by atoms with Gasteiger partial charge in [-0.1, -0.05) is 27.2 Å². The number of hydrogen-bond donors (Lipinski definition) is 1. The first-order valence-corrected chi connectivity index (χ1v) is 8.08. The molecule has 4 nitrogen and oxygen atoms in total. The lowest BCUT2D eigenvalue weighted by atomic mass is 10.1. The summed E-state index contributed by atoms with van der Waals surface area (Å²) in [5.74, 6) is 1.89. The van der Waals surface area contributed by atoms with E-state index in [0.717, 1.165) is 52.1 Å². The zero-order valence-corrected chi connectivity index (χ0v) is 13.2. The predicted molar refractivity (Wildman–Crippen MR) is 81.9 cm³/mol. The summed E-state index contributed by atoms with van der Waals surface area (Å²) >= 11 is 0. The van der Waals surface area contributed by atoms with Crippen LogP contribution in [0.5, 0.6) is 0 Å². The second kappa shape index (κ2) is 7.79. The maximum Gasteiger partial charge on any atom is 0.109 e. The SMILES string of the molecule is CCCCOCCn1c(CC(C)C)nc2c1CCNC2. The summed E-state index contributed by atoms with van der Waals surface area (Å²) in [7, 11) is 0. The Kier molecular flexibility index (Phi) is 6.05. The van der Waals surface area contributed by atoms with Crippen LogP contribution >= 0.6 is 0 Å². The number of unbranched alkanes of at least 4 members (excludes halogenated alkanes) is 1. The van der Waals surface area contributed by atoms with Gasteiger partial charge in [-0.15, -0.1) is 0 Å². The summed E-state index contributed by atoms with van der Waals surface area (Å²) in [5, 5.41) is 3.41. The first kappa shape index (κ1) is 15.5. The molecule has 0 atom stereocenters. The Labute approximate surface area is 122 Å². The van der Waals surface area contributed by atoms with Gasteiger partial charge in [0.1, 0.15) is 5.82 Å². The lowest BCUT2D eigenvalue weighted by Gasteiger charge is -2.16. The van der Waals surface area contributed by atoms with Crippen molar-refractivity contribution in [1.29, 1.82) is 0 Å². The molecule has 4 heteroatoms. The van der Waals surface area contributed by atoms with E-state index in [1.54, 1.807) is 0 Å². The van der Waals surface area contributed by atoms with E-state index in [4.69, 9.17) is 9.72 Å². The summed E-state index contributed by atoms with van der Waals surface area (Å²) in [5.41, 5.74) is 2.68. The molecule has 114 valence electrons. The third kappa shape index (κ3) is 4.06. The third-order valence-electron chi connectivity index (χ3n) is 3.76. The fourth-order valence-electron chi connectivity index (χ4n) is 2.72. The highest BCUT2D eigenvalue weighted by atomic mass is 16.5. The zero-order valence-electron chi connectivity index (χ0n) is 13.2. The molecule has 0 saturated carbocycles.